The Kier molecular flexibility index (Phi) is 1.51. The fraction of sp³-hybridized carbons (Fsp3) is 0.286. The molecule has 0 bridgehead atoms. The van der Waals surface area contributed by atoms with Crippen molar-refractivity contribution in [2.75, 3.05) is 5.32 Å². The molecule has 12 heavy (non-hydrogen) atoms. The Labute approximate surface area is 74.0 Å². The van der Waals surface area contributed by atoms with Crippen molar-refractivity contribution in [3.05, 3.63) is 17.0 Å². The number of nitrogens with zero attached hydrogens (tertiary/aromatic N) is 2. The van der Waals surface area contributed by atoms with E-state index in [1.54, 1.807) is 13.1 Å². The number of nitrogens with one attached hydrogen (secondary N) is 1. The van der Waals surface area contributed by atoms with Gasteiger partial charge in [-0.2, -0.15) is 0 Å². The third-order valence-electron chi connectivity index (χ3n) is 1.89. The number of rotatable bonds is 0. The summed E-state index contributed by atoms with van der Waals surface area (Å²) in [5.74, 6) is 0.311. The summed E-state index contributed by atoms with van der Waals surface area (Å²) in [5, 5.41) is 2.77. The molecule has 5 heteroatoms. The van der Waals surface area contributed by atoms with Gasteiger partial charge >= 0.3 is 0 Å². The molecule has 1 amide bonds. The van der Waals surface area contributed by atoms with Crippen molar-refractivity contribution < 1.29 is 4.79 Å². The van der Waals surface area contributed by atoms with Crippen LogP contribution in [0.25, 0.3) is 0 Å². The van der Waals surface area contributed by atoms with E-state index in [0.717, 1.165) is 5.56 Å². The topological polar surface area (TPSA) is 54.9 Å². The highest BCUT2D eigenvalue weighted by Crippen LogP contribution is 2.29. The van der Waals surface area contributed by atoms with Gasteiger partial charge in [0.25, 0.3) is 0 Å². The van der Waals surface area contributed by atoms with Crippen molar-refractivity contribution in [3.8, 4) is 0 Å². The van der Waals surface area contributed by atoms with Crippen LogP contribution in [0.15, 0.2) is 6.20 Å². The van der Waals surface area contributed by atoms with Crippen LogP contribution in [0.1, 0.15) is 18.4 Å². The minimum atomic E-state index is -0.169. The zero-order chi connectivity index (χ0) is 8.72. The monoisotopic (exact) mass is 183 g/mol. The quantitative estimate of drug-likeness (QED) is 0.615. The Morgan fingerprint density at radius 2 is 2.42 bits per heavy atom. The molecule has 0 aromatic carbocycles. The second kappa shape index (κ2) is 2.42. The number of fused-ring (bicyclic) bond motifs is 1. The molecule has 1 aliphatic heterocycles. The van der Waals surface area contributed by atoms with Gasteiger partial charge in [0.1, 0.15) is 5.82 Å². The van der Waals surface area contributed by atoms with Crippen molar-refractivity contribution in [1.82, 2.24) is 9.97 Å². The Morgan fingerprint density at radius 3 is 3.17 bits per heavy atom. The van der Waals surface area contributed by atoms with Gasteiger partial charge in [-0.05, 0) is 18.5 Å². The second-order valence-corrected chi connectivity index (χ2v) is 2.99. The van der Waals surface area contributed by atoms with Gasteiger partial charge in [-0.25, -0.2) is 9.97 Å². The van der Waals surface area contributed by atoms with E-state index in [9.17, 15) is 4.79 Å². The minimum Gasteiger partial charge on any atom is -0.310 e. The maximum Gasteiger partial charge on any atom is 0.232 e. The van der Waals surface area contributed by atoms with Crippen LogP contribution in [0.3, 0.4) is 0 Å². The molecule has 0 spiro atoms. The van der Waals surface area contributed by atoms with Crippen LogP contribution in [0.4, 0.5) is 5.82 Å². The van der Waals surface area contributed by atoms with Crippen LogP contribution in [0, 0.1) is 0 Å². The van der Waals surface area contributed by atoms with Gasteiger partial charge < -0.3 is 5.32 Å². The average Bonchev–Trinajstić information content (AvgIpc) is 2.28. The maximum absolute atomic E-state index is 11.1. The third kappa shape index (κ3) is 0.956. The van der Waals surface area contributed by atoms with Gasteiger partial charge in [-0.15, -0.1) is 0 Å². The Balaban J connectivity index is 2.54. The van der Waals surface area contributed by atoms with Crippen molar-refractivity contribution in [2.24, 2.45) is 0 Å². The number of hydrogen-bond acceptors (Lipinski definition) is 3. The summed E-state index contributed by atoms with van der Waals surface area (Å²) in [4.78, 5) is 18.8. The number of carbonyl (C=O) groups is 1. The number of hydrogen-bond donors (Lipinski definition) is 1. The van der Waals surface area contributed by atoms with Crippen molar-refractivity contribution >= 4 is 23.3 Å². The molecular weight excluding hydrogens is 178 g/mol. The summed E-state index contributed by atoms with van der Waals surface area (Å²) in [6.45, 7) is 1.80. The molecule has 2 rings (SSSR count). The van der Waals surface area contributed by atoms with Gasteiger partial charge in [0, 0.05) is 11.8 Å². The van der Waals surface area contributed by atoms with Crippen LogP contribution in [0.5, 0.6) is 0 Å². The number of aromatic nitrogens is 2. The standard InChI is InChI=1S/C7H6ClN3O/c1-3-4-2-9-7(8)11-5(4)10-6(3)12/h2-3H,1H3,(H,9,10,11,12)/t3-/m0/s1. The van der Waals surface area contributed by atoms with E-state index in [-0.39, 0.29) is 17.1 Å². The van der Waals surface area contributed by atoms with Crippen LogP contribution in [0.2, 0.25) is 5.28 Å². The average molecular weight is 184 g/mol. The van der Waals surface area contributed by atoms with Crippen LogP contribution < -0.4 is 5.32 Å². The highest BCUT2D eigenvalue weighted by atomic mass is 35.5. The molecule has 62 valence electrons. The molecule has 0 fully saturated rings. The van der Waals surface area contributed by atoms with Crippen LogP contribution in [-0.4, -0.2) is 15.9 Å². The molecule has 0 saturated carbocycles. The Bertz CT molecular complexity index is 353. The first-order chi connectivity index (χ1) is 5.68. The second-order valence-electron chi connectivity index (χ2n) is 2.65. The molecule has 1 aromatic rings. The zero-order valence-corrected chi connectivity index (χ0v) is 7.09. The SMILES string of the molecule is C[C@@H]1C(=O)Nc2nc(Cl)ncc21. The van der Waals surface area contributed by atoms with E-state index in [1.807, 2.05) is 0 Å². The molecule has 2 heterocycles. The lowest BCUT2D eigenvalue weighted by Crippen LogP contribution is -2.08. The number of amides is 1. The Morgan fingerprint density at radius 1 is 1.67 bits per heavy atom. The number of carbonyl (C=O) groups excluding carboxylic acids is 1. The minimum absolute atomic E-state index is 0.0541. The molecule has 1 atom stereocenters. The van der Waals surface area contributed by atoms with E-state index in [0.29, 0.717) is 5.82 Å². The van der Waals surface area contributed by atoms with Gasteiger partial charge in [-0.3, -0.25) is 4.79 Å². The van der Waals surface area contributed by atoms with Gasteiger partial charge in [0.15, 0.2) is 0 Å². The highest BCUT2D eigenvalue weighted by Gasteiger charge is 2.27. The first kappa shape index (κ1) is 7.49. The highest BCUT2D eigenvalue weighted by molar-refractivity contribution is 6.28. The van der Waals surface area contributed by atoms with E-state index in [2.05, 4.69) is 15.3 Å². The lowest BCUT2D eigenvalue weighted by atomic mass is 10.1. The molecule has 0 unspecified atom stereocenters. The summed E-state index contributed by atoms with van der Waals surface area (Å²) < 4.78 is 0. The molecule has 0 radical (unpaired) electrons. The lowest BCUT2D eigenvalue weighted by molar-refractivity contribution is -0.116. The molecule has 0 aliphatic carbocycles. The summed E-state index contributed by atoms with van der Waals surface area (Å²) in [6, 6.07) is 0. The van der Waals surface area contributed by atoms with Gasteiger partial charge in [-0.1, -0.05) is 0 Å². The van der Waals surface area contributed by atoms with E-state index in [4.69, 9.17) is 11.6 Å². The molecule has 1 N–H and O–H groups in total. The first-order valence-corrected chi connectivity index (χ1v) is 3.89. The summed E-state index contributed by atoms with van der Waals surface area (Å²) in [7, 11) is 0. The predicted molar refractivity (Wildman–Crippen MR) is 44.1 cm³/mol. The van der Waals surface area contributed by atoms with Gasteiger partial charge in [0.2, 0.25) is 11.2 Å². The molecular formula is C7H6ClN3O. The molecule has 1 aromatic heterocycles. The first-order valence-electron chi connectivity index (χ1n) is 3.52. The number of anilines is 1. The summed E-state index contributed by atoms with van der Waals surface area (Å²) in [6.07, 6.45) is 1.58. The summed E-state index contributed by atoms with van der Waals surface area (Å²) >= 11 is 5.55. The van der Waals surface area contributed by atoms with Crippen LogP contribution in [-0.2, 0) is 4.79 Å². The van der Waals surface area contributed by atoms with E-state index in [1.165, 1.54) is 0 Å². The molecule has 4 nitrogen and oxygen atoms in total. The van der Waals surface area contributed by atoms with E-state index < -0.39 is 0 Å². The summed E-state index contributed by atoms with van der Waals surface area (Å²) in [5.41, 5.74) is 0.810. The Hall–Kier alpha value is -1.16. The largest absolute Gasteiger partial charge is 0.310 e. The number of halogens is 1. The smallest absolute Gasteiger partial charge is 0.232 e. The van der Waals surface area contributed by atoms with Crippen LogP contribution >= 0.6 is 11.6 Å². The maximum atomic E-state index is 11.1. The van der Waals surface area contributed by atoms with Crippen molar-refractivity contribution in [2.45, 2.75) is 12.8 Å². The lowest BCUT2D eigenvalue weighted by Gasteiger charge is -1.97. The van der Waals surface area contributed by atoms with E-state index >= 15 is 0 Å². The molecule has 0 saturated heterocycles. The third-order valence-corrected chi connectivity index (χ3v) is 2.07. The normalized spacial score (nSPS) is 20.5. The predicted octanol–water partition coefficient (Wildman–Crippen LogP) is 1.19. The van der Waals surface area contributed by atoms with Crippen molar-refractivity contribution in [1.29, 1.82) is 0 Å². The van der Waals surface area contributed by atoms with Gasteiger partial charge in [0.05, 0.1) is 5.92 Å². The molecule has 1 aliphatic rings. The fourth-order valence-corrected chi connectivity index (χ4v) is 1.29. The fourth-order valence-electron chi connectivity index (χ4n) is 1.15. The zero-order valence-electron chi connectivity index (χ0n) is 6.34. The van der Waals surface area contributed by atoms with Crippen molar-refractivity contribution in [3.63, 3.8) is 0 Å².